The summed E-state index contributed by atoms with van der Waals surface area (Å²) in [6.07, 6.45) is 4.45. The molecule has 0 radical (unpaired) electrons. The molecule has 4 aromatic rings. The number of hydrogen-bond acceptors (Lipinski definition) is 5. The van der Waals surface area contributed by atoms with Gasteiger partial charge in [-0.05, 0) is 110 Å². The molecule has 0 fully saturated rings. The Labute approximate surface area is 255 Å². The van der Waals surface area contributed by atoms with Gasteiger partial charge in [-0.2, -0.15) is 5.26 Å². The first-order valence-corrected chi connectivity index (χ1v) is 15.2. The van der Waals surface area contributed by atoms with Crippen molar-refractivity contribution in [1.29, 1.82) is 5.26 Å². The Morgan fingerprint density at radius 3 is 2.47 bits per heavy atom. The highest BCUT2D eigenvalue weighted by Gasteiger charge is 2.24. The Hall–Kier alpha value is -4.40. The zero-order valence-electron chi connectivity index (χ0n) is 25.5. The highest BCUT2D eigenvalue weighted by Crippen LogP contribution is 2.40. The van der Waals surface area contributed by atoms with Crippen molar-refractivity contribution in [1.82, 2.24) is 5.32 Å². The third-order valence-corrected chi connectivity index (χ3v) is 8.34. The molecule has 0 saturated carbocycles. The Morgan fingerprint density at radius 1 is 0.884 bits per heavy atom. The van der Waals surface area contributed by atoms with Crippen LogP contribution in [0.25, 0.3) is 11.1 Å². The van der Waals surface area contributed by atoms with E-state index in [0.29, 0.717) is 31.7 Å². The minimum atomic E-state index is 0.215. The average molecular weight is 573 g/mol. The van der Waals surface area contributed by atoms with E-state index in [-0.39, 0.29) is 5.78 Å². The van der Waals surface area contributed by atoms with Crippen LogP contribution < -0.4 is 14.8 Å². The molecule has 0 aromatic heterocycles. The number of nitrogens with one attached hydrogen (secondary N) is 1. The molecule has 0 spiro atoms. The van der Waals surface area contributed by atoms with E-state index < -0.39 is 0 Å². The smallest absolute Gasteiger partial charge is 0.129 e. The first kappa shape index (κ1) is 30.1. The van der Waals surface area contributed by atoms with E-state index in [1.165, 1.54) is 38.9 Å². The van der Waals surface area contributed by atoms with Crippen molar-refractivity contribution < 1.29 is 14.3 Å². The van der Waals surface area contributed by atoms with Crippen LogP contribution in [-0.2, 0) is 37.4 Å². The number of ether oxygens (including phenoxy) is 2. The Kier molecular flexibility index (Phi) is 9.92. The van der Waals surface area contributed by atoms with Crippen LogP contribution in [0.3, 0.4) is 0 Å². The van der Waals surface area contributed by atoms with Crippen LogP contribution in [0, 0.1) is 25.2 Å². The van der Waals surface area contributed by atoms with E-state index in [2.05, 4.69) is 73.8 Å². The number of carbonyl (C=O) groups is 1. The molecular weight excluding hydrogens is 532 g/mol. The second-order valence-electron chi connectivity index (χ2n) is 11.4. The van der Waals surface area contributed by atoms with Crippen molar-refractivity contribution in [3.63, 3.8) is 0 Å². The molecule has 0 heterocycles. The number of ketones is 1. The summed E-state index contributed by atoms with van der Waals surface area (Å²) in [6, 6.07) is 26.8. The molecule has 1 aliphatic carbocycles. The maximum Gasteiger partial charge on any atom is 0.129 e. The van der Waals surface area contributed by atoms with Crippen LogP contribution in [0.2, 0.25) is 0 Å². The fourth-order valence-corrected chi connectivity index (χ4v) is 5.97. The lowest BCUT2D eigenvalue weighted by Gasteiger charge is -2.21. The zero-order chi connectivity index (χ0) is 30.2. The number of nitrogens with zero attached hydrogens (tertiary/aromatic N) is 1. The standard InChI is InChI=1S/C38H40N2O3/c1-26-10-4-5-15-32(26)33-16-7-14-31(28(33)3)25-43-37-21-38(42-24-30-13-6-12-29(20-30)22-39)36(34-17-8-18-35(34)37)23-40-19-9-11-27(2)41/h4-7,10,12-16,20-21,40H,8-9,11,17-19,23-25H2,1-3H3. The van der Waals surface area contributed by atoms with Gasteiger partial charge in [-0.3, -0.25) is 0 Å². The minimum Gasteiger partial charge on any atom is -0.488 e. The van der Waals surface area contributed by atoms with Crippen molar-refractivity contribution in [2.75, 3.05) is 6.54 Å². The van der Waals surface area contributed by atoms with E-state index in [4.69, 9.17) is 9.47 Å². The minimum absolute atomic E-state index is 0.215. The molecule has 5 nitrogen and oxygen atoms in total. The number of hydrogen-bond donors (Lipinski definition) is 1. The molecule has 0 saturated heterocycles. The van der Waals surface area contributed by atoms with Gasteiger partial charge in [-0.15, -0.1) is 0 Å². The van der Waals surface area contributed by atoms with Crippen molar-refractivity contribution >= 4 is 5.78 Å². The van der Waals surface area contributed by atoms with Crippen LogP contribution in [0.4, 0.5) is 0 Å². The lowest BCUT2D eigenvalue weighted by Crippen LogP contribution is -2.18. The lowest BCUT2D eigenvalue weighted by molar-refractivity contribution is -0.117. The van der Waals surface area contributed by atoms with Crippen molar-refractivity contribution in [3.05, 3.63) is 117 Å². The largest absolute Gasteiger partial charge is 0.488 e. The number of aryl methyl sites for hydroxylation is 1. The Morgan fingerprint density at radius 2 is 1.65 bits per heavy atom. The second kappa shape index (κ2) is 14.2. The van der Waals surface area contributed by atoms with Crippen LogP contribution in [0.1, 0.15) is 70.7 Å². The predicted molar refractivity (Wildman–Crippen MR) is 171 cm³/mol. The van der Waals surface area contributed by atoms with Gasteiger partial charge < -0.3 is 19.6 Å². The molecule has 5 rings (SSSR count). The zero-order valence-corrected chi connectivity index (χ0v) is 25.5. The van der Waals surface area contributed by atoms with Gasteiger partial charge in [0.2, 0.25) is 0 Å². The average Bonchev–Trinajstić information content (AvgIpc) is 3.51. The maximum absolute atomic E-state index is 11.4. The van der Waals surface area contributed by atoms with E-state index in [0.717, 1.165) is 54.9 Å². The summed E-state index contributed by atoms with van der Waals surface area (Å²) in [5, 5.41) is 12.9. The van der Waals surface area contributed by atoms with E-state index >= 15 is 0 Å². The molecular formula is C38H40N2O3. The summed E-state index contributed by atoms with van der Waals surface area (Å²) in [6.45, 7) is 8.25. The summed E-state index contributed by atoms with van der Waals surface area (Å²) in [4.78, 5) is 11.4. The molecule has 4 aromatic carbocycles. The summed E-state index contributed by atoms with van der Waals surface area (Å²) in [7, 11) is 0. The van der Waals surface area contributed by atoms with E-state index in [9.17, 15) is 10.1 Å². The fraction of sp³-hybridized carbons (Fsp3) is 0.316. The van der Waals surface area contributed by atoms with Gasteiger partial charge in [0.05, 0.1) is 11.6 Å². The highest BCUT2D eigenvalue weighted by atomic mass is 16.5. The van der Waals surface area contributed by atoms with Gasteiger partial charge in [0.25, 0.3) is 0 Å². The molecule has 5 heteroatoms. The second-order valence-corrected chi connectivity index (χ2v) is 11.4. The van der Waals surface area contributed by atoms with Crippen molar-refractivity contribution in [2.24, 2.45) is 0 Å². The quantitative estimate of drug-likeness (QED) is 0.165. The van der Waals surface area contributed by atoms with Gasteiger partial charge in [-0.25, -0.2) is 0 Å². The van der Waals surface area contributed by atoms with Crippen LogP contribution >= 0.6 is 0 Å². The van der Waals surface area contributed by atoms with Gasteiger partial charge in [-0.1, -0.05) is 54.6 Å². The summed E-state index contributed by atoms with van der Waals surface area (Å²) >= 11 is 0. The first-order valence-electron chi connectivity index (χ1n) is 15.2. The normalized spacial score (nSPS) is 12.0. The van der Waals surface area contributed by atoms with Crippen LogP contribution in [-0.4, -0.2) is 12.3 Å². The Balaban J connectivity index is 1.41. The molecule has 1 N–H and O–H groups in total. The molecule has 0 aliphatic heterocycles. The first-order chi connectivity index (χ1) is 20.9. The number of benzene rings is 4. The molecule has 1 aliphatic rings. The van der Waals surface area contributed by atoms with Gasteiger partial charge in [0, 0.05) is 24.6 Å². The summed E-state index contributed by atoms with van der Waals surface area (Å²) in [5.74, 6) is 1.91. The Bertz CT molecular complexity index is 1650. The molecule has 220 valence electrons. The predicted octanol–water partition coefficient (Wildman–Crippen LogP) is 7.95. The van der Waals surface area contributed by atoms with Crippen LogP contribution in [0.15, 0.2) is 72.8 Å². The van der Waals surface area contributed by atoms with E-state index in [1.54, 1.807) is 13.0 Å². The number of fused-ring (bicyclic) bond motifs is 1. The summed E-state index contributed by atoms with van der Waals surface area (Å²) < 4.78 is 13.1. The number of nitriles is 1. The van der Waals surface area contributed by atoms with Gasteiger partial charge in [0.1, 0.15) is 30.5 Å². The molecule has 0 unspecified atom stereocenters. The third-order valence-electron chi connectivity index (χ3n) is 8.34. The molecule has 0 amide bonds. The summed E-state index contributed by atoms with van der Waals surface area (Å²) in [5.41, 5.74) is 11.5. The third kappa shape index (κ3) is 7.34. The molecule has 0 atom stereocenters. The van der Waals surface area contributed by atoms with Crippen molar-refractivity contribution in [2.45, 2.75) is 72.6 Å². The van der Waals surface area contributed by atoms with Gasteiger partial charge in [0.15, 0.2) is 0 Å². The molecule has 43 heavy (non-hydrogen) atoms. The topological polar surface area (TPSA) is 71.3 Å². The fourth-order valence-electron chi connectivity index (χ4n) is 5.97. The van der Waals surface area contributed by atoms with Crippen LogP contribution in [0.5, 0.6) is 11.5 Å². The van der Waals surface area contributed by atoms with Gasteiger partial charge >= 0.3 is 0 Å². The number of rotatable bonds is 13. The molecule has 0 bridgehead atoms. The monoisotopic (exact) mass is 572 g/mol. The lowest BCUT2D eigenvalue weighted by atomic mass is 9.94. The SMILES string of the molecule is CC(=O)CCCNCc1c(OCc2cccc(C#N)c2)cc(OCc2cccc(-c3ccccc3C)c2C)c2c1CCC2. The number of Topliss-reactive ketones (excluding diaryl/α,β-unsaturated/α-hetero) is 1. The maximum atomic E-state index is 11.4. The van der Waals surface area contributed by atoms with Crippen molar-refractivity contribution in [3.8, 4) is 28.7 Å². The highest BCUT2D eigenvalue weighted by molar-refractivity contribution is 5.75. The van der Waals surface area contributed by atoms with E-state index in [1.807, 2.05) is 18.2 Å². The number of carbonyl (C=O) groups excluding carboxylic acids is 1.